The van der Waals surface area contributed by atoms with Gasteiger partial charge in [0.05, 0.1) is 5.75 Å². The Labute approximate surface area is 186 Å². The Morgan fingerprint density at radius 2 is 1.87 bits per heavy atom. The van der Waals surface area contributed by atoms with Crippen LogP contribution in [0.4, 0.5) is 10.5 Å². The lowest BCUT2D eigenvalue weighted by Gasteiger charge is -2.15. The first-order chi connectivity index (χ1) is 14.7. The van der Waals surface area contributed by atoms with Gasteiger partial charge in [0.2, 0.25) is 0 Å². The third kappa shape index (κ3) is 5.65. The van der Waals surface area contributed by atoms with Crippen molar-refractivity contribution in [3.63, 3.8) is 0 Å². The van der Waals surface area contributed by atoms with E-state index in [9.17, 15) is 13.2 Å². The average molecular weight is 463 g/mol. The van der Waals surface area contributed by atoms with Gasteiger partial charge in [-0.1, -0.05) is 66.1 Å². The molecule has 0 aliphatic heterocycles. The Bertz CT molecular complexity index is 1170. The zero-order valence-corrected chi connectivity index (χ0v) is 19.0. The second kappa shape index (κ2) is 9.53. The summed E-state index contributed by atoms with van der Waals surface area (Å²) in [7, 11) is -3.13. The van der Waals surface area contributed by atoms with E-state index in [1.165, 1.54) is 0 Å². The first-order valence-corrected chi connectivity index (χ1v) is 11.9. The Hall–Kier alpha value is -2.84. The lowest BCUT2D eigenvalue weighted by Crippen LogP contribution is -2.17. The maximum Gasteiger partial charge on any atom is 0.412 e. The minimum Gasteiger partial charge on any atom is -0.441 e. The van der Waals surface area contributed by atoms with Gasteiger partial charge in [-0.15, -0.1) is 0 Å². The molecule has 9 heteroatoms. The predicted octanol–water partition coefficient (Wildman–Crippen LogP) is 5.55. The fourth-order valence-corrected chi connectivity index (χ4v) is 4.18. The van der Waals surface area contributed by atoms with E-state index in [4.69, 9.17) is 20.9 Å². The molecule has 31 heavy (non-hydrogen) atoms. The van der Waals surface area contributed by atoms with Crippen LogP contribution in [0.15, 0.2) is 53.1 Å². The van der Waals surface area contributed by atoms with E-state index in [-0.39, 0.29) is 11.5 Å². The van der Waals surface area contributed by atoms with Gasteiger partial charge in [-0.05, 0) is 25.5 Å². The van der Waals surface area contributed by atoms with Crippen LogP contribution in [0, 0.1) is 6.92 Å². The second-order valence-electron chi connectivity index (χ2n) is 7.04. The summed E-state index contributed by atoms with van der Waals surface area (Å²) < 4.78 is 34.5. The molecule has 1 atom stereocenters. The number of nitrogens with one attached hydrogen (secondary N) is 1. The van der Waals surface area contributed by atoms with Crippen molar-refractivity contribution in [3.05, 3.63) is 70.4 Å². The highest BCUT2D eigenvalue weighted by Crippen LogP contribution is 2.32. The monoisotopic (exact) mass is 462 g/mol. The second-order valence-corrected chi connectivity index (χ2v) is 9.80. The van der Waals surface area contributed by atoms with Crippen LogP contribution in [0.2, 0.25) is 5.02 Å². The summed E-state index contributed by atoms with van der Waals surface area (Å²) in [5.41, 5.74) is 2.87. The van der Waals surface area contributed by atoms with E-state index in [1.807, 2.05) is 6.07 Å². The topological polar surface area (TPSA) is 98.5 Å². The fourth-order valence-electron chi connectivity index (χ4n) is 2.98. The Morgan fingerprint density at radius 1 is 1.19 bits per heavy atom. The van der Waals surface area contributed by atoms with E-state index in [0.29, 0.717) is 38.9 Å². The molecule has 1 unspecified atom stereocenters. The van der Waals surface area contributed by atoms with E-state index in [0.717, 1.165) is 0 Å². The van der Waals surface area contributed by atoms with Crippen molar-refractivity contribution in [1.82, 2.24) is 5.16 Å². The summed E-state index contributed by atoms with van der Waals surface area (Å²) >= 11 is 6.16. The zero-order chi connectivity index (χ0) is 22.6. The van der Waals surface area contributed by atoms with Gasteiger partial charge in [0, 0.05) is 21.9 Å². The predicted molar refractivity (Wildman–Crippen MR) is 120 cm³/mol. The highest BCUT2D eigenvalue weighted by atomic mass is 35.5. The lowest BCUT2D eigenvalue weighted by atomic mass is 10.1. The molecule has 1 amide bonds. The maximum absolute atomic E-state index is 12.5. The molecule has 0 aliphatic rings. The highest BCUT2D eigenvalue weighted by molar-refractivity contribution is 7.90. The largest absolute Gasteiger partial charge is 0.441 e. The van der Waals surface area contributed by atoms with Crippen LogP contribution in [-0.2, 0) is 20.3 Å². The van der Waals surface area contributed by atoms with Crippen molar-refractivity contribution in [3.8, 4) is 11.3 Å². The number of anilines is 1. The molecular formula is C22H23ClN2O5S. The number of carbonyl (C=O) groups excluding carboxylic acids is 1. The summed E-state index contributed by atoms with van der Waals surface area (Å²) in [6.45, 7) is 5.04. The molecule has 0 aliphatic carbocycles. The molecule has 0 fully saturated rings. The highest BCUT2D eigenvalue weighted by Gasteiger charge is 2.21. The summed E-state index contributed by atoms with van der Waals surface area (Å²) in [6, 6.07) is 14.0. The summed E-state index contributed by atoms with van der Waals surface area (Å²) in [6.07, 6.45) is -1.23. The number of halogens is 1. The molecule has 3 aromatic rings. The maximum atomic E-state index is 12.5. The zero-order valence-electron chi connectivity index (χ0n) is 17.4. The molecule has 1 N–H and O–H groups in total. The SMILES string of the molecule is CCS(=O)(=O)Cc1ccc(-c2onc(C)c2NC(=O)OC(C)c2ccccc2Cl)cc1. The van der Waals surface area contributed by atoms with Gasteiger partial charge in [-0.25, -0.2) is 13.2 Å². The number of hydrogen-bond acceptors (Lipinski definition) is 6. The van der Waals surface area contributed by atoms with Crippen LogP contribution in [-0.4, -0.2) is 25.4 Å². The van der Waals surface area contributed by atoms with Crippen LogP contribution in [0.5, 0.6) is 0 Å². The van der Waals surface area contributed by atoms with Crippen LogP contribution in [0.1, 0.15) is 36.8 Å². The van der Waals surface area contributed by atoms with Crippen molar-refractivity contribution in [2.24, 2.45) is 0 Å². The number of amides is 1. The average Bonchev–Trinajstić information content (AvgIpc) is 3.08. The van der Waals surface area contributed by atoms with Crippen LogP contribution < -0.4 is 5.32 Å². The van der Waals surface area contributed by atoms with Gasteiger partial charge in [0.25, 0.3) is 0 Å². The molecule has 2 aromatic carbocycles. The number of carbonyl (C=O) groups is 1. The molecule has 0 bridgehead atoms. The van der Waals surface area contributed by atoms with Crippen molar-refractivity contribution in [2.45, 2.75) is 32.6 Å². The van der Waals surface area contributed by atoms with Gasteiger partial charge in [0.1, 0.15) is 17.5 Å². The van der Waals surface area contributed by atoms with Crippen LogP contribution >= 0.6 is 11.6 Å². The number of aromatic nitrogens is 1. The van der Waals surface area contributed by atoms with Crippen molar-refractivity contribution >= 4 is 33.2 Å². The normalized spacial score (nSPS) is 12.4. The molecule has 1 aromatic heterocycles. The molecule has 0 saturated heterocycles. The van der Waals surface area contributed by atoms with E-state index >= 15 is 0 Å². The van der Waals surface area contributed by atoms with E-state index in [2.05, 4.69) is 10.5 Å². The number of sulfone groups is 1. The third-order valence-corrected chi connectivity index (χ3v) is 6.76. The number of nitrogens with zero attached hydrogens (tertiary/aromatic N) is 1. The summed E-state index contributed by atoms with van der Waals surface area (Å²) in [5.74, 6) is 0.403. The standard InChI is InChI=1S/C22H23ClN2O5S/c1-4-31(27,28)13-16-9-11-17(12-10-16)21-20(14(2)25-30-21)24-22(26)29-15(3)18-7-5-6-8-19(18)23/h5-12,15H,4,13H2,1-3H3,(H,24,26). The summed E-state index contributed by atoms with van der Waals surface area (Å²) in [4.78, 5) is 12.5. The van der Waals surface area contributed by atoms with E-state index in [1.54, 1.807) is 63.2 Å². The van der Waals surface area contributed by atoms with Gasteiger partial charge in [0.15, 0.2) is 15.6 Å². The third-order valence-electron chi connectivity index (χ3n) is 4.76. The van der Waals surface area contributed by atoms with Crippen LogP contribution in [0.25, 0.3) is 11.3 Å². The molecule has 0 radical (unpaired) electrons. The van der Waals surface area contributed by atoms with Gasteiger partial charge >= 0.3 is 6.09 Å². The minimum atomic E-state index is -3.13. The molecule has 1 heterocycles. The van der Waals surface area contributed by atoms with Gasteiger partial charge in [-0.3, -0.25) is 5.32 Å². The smallest absolute Gasteiger partial charge is 0.412 e. The van der Waals surface area contributed by atoms with Gasteiger partial charge < -0.3 is 9.26 Å². The lowest BCUT2D eigenvalue weighted by molar-refractivity contribution is 0.121. The van der Waals surface area contributed by atoms with Crippen molar-refractivity contribution in [2.75, 3.05) is 11.1 Å². The van der Waals surface area contributed by atoms with E-state index < -0.39 is 22.0 Å². The minimum absolute atomic E-state index is 0.0312. The van der Waals surface area contributed by atoms with Gasteiger partial charge in [-0.2, -0.15) is 0 Å². The quantitative estimate of drug-likeness (QED) is 0.494. The Morgan fingerprint density at radius 3 is 2.52 bits per heavy atom. The Kier molecular flexibility index (Phi) is 7.02. The molecule has 164 valence electrons. The van der Waals surface area contributed by atoms with Crippen molar-refractivity contribution < 1.29 is 22.5 Å². The number of hydrogen-bond donors (Lipinski definition) is 1. The Balaban J connectivity index is 1.75. The first kappa shape index (κ1) is 22.8. The fraction of sp³-hybridized carbons (Fsp3) is 0.273. The number of aryl methyl sites for hydroxylation is 1. The molecule has 0 spiro atoms. The number of benzene rings is 2. The summed E-state index contributed by atoms with van der Waals surface area (Å²) in [5, 5.41) is 7.12. The molecule has 0 saturated carbocycles. The molecular weight excluding hydrogens is 440 g/mol. The number of ether oxygens (including phenoxy) is 1. The van der Waals surface area contributed by atoms with Crippen LogP contribution in [0.3, 0.4) is 0 Å². The molecule has 7 nitrogen and oxygen atoms in total. The first-order valence-electron chi connectivity index (χ1n) is 9.68. The van der Waals surface area contributed by atoms with Crippen molar-refractivity contribution in [1.29, 1.82) is 0 Å². The number of rotatable bonds is 7. The molecule has 3 rings (SSSR count).